The van der Waals surface area contributed by atoms with Crippen LogP contribution in [0.4, 0.5) is 0 Å². The van der Waals surface area contributed by atoms with Gasteiger partial charge in [-0.05, 0) is 48.3 Å². The summed E-state index contributed by atoms with van der Waals surface area (Å²) in [4.78, 5) is 0. The van der Waals surface area contributed by atoms with Crippen LogP contribution in [0.15, 0.2) is 24.3 Å². The van der Waals surface area contributed by atoms with Crippen molar-refractivity contribution in [3.63, 3.8) is 0 Å². The molecule has 0 saturated heterocycles. The van der Waals surface area contributed by atoms with Gasteiger partial charge in [0.2, 0.25) is 0 Å². The van der Waals surface area contributed by atoms with Gasteiger partial charge in [-0.25, -0.2) is 0 Å². The summed E-state index contributed by atoms with van der Waals surface area (Å²) < 4.78 is 5.77. The third kappa shape index (κ3) is 5.57. The summed E-state index contributed by atoms with van der Waals surface area (Å²) in [5.74, 6) is 1.64. The maximum Gasteiger partial charge on any atom is 0.119 e. The zero-order valence-electron chi connectivity index (χ0n) is 12.6. The summed E-state index contributed by atoms with van der Waals surface area (Å²) in [6.07, 6.45) is 3.51. The summed E-state index contributed by atoms with van der Waals surface area (Å²) in [6.45, 7) is 12.1. The van der Waals surface area contributed by atoms with Gasteiger partial charge in [0.15, 0.2) is 0 Å². The molecule has 0 spiro atoms. The van der Waals surface area contributed by atoms with Crippen LogP contribution in [0.3, 0.4) is 0 Å². The molecule has 1 atom stereocenters. The molecule has 1 aromatic carbocycles. The second-order valence-electron chi connectivity index (χ2n) is 6.39. The number of rotatable bonds is 6. The predicted octanol–water partition coefficient (Wildman–Crippen LogP) is 5.41. The van der Waals surface area contributed by atoms with Crippen molar-refractivity contribution < 1.29 is 4.74 Å². The molecular weight excluding hydrogens is 220 g/mol. The maximum atomic E-state index is 5.77. The van der Waals surface area contributed by atoms with Crippen molar-refractivity contribution in [3.8, 4) is 5.75 Å². The van der Waals surface area contributed by atoms with Gasteiger partial charge >= 0.3 is 0 Å². The van der Waals surface area contributed by atoms with E-state index in [0.717, 1.165) is 18.8 Å². The quantitative estimate of drug-likeness (QED) is 0.612. The molecule has 0 bridgehead atoms. The Balaban J connectivity index is 2.35. The van der Waals surface area contributed by atoms with Crippen LogP contribution in [0, 0.1) is 5.41 Å². The molecule has 1 heteroatoms. The van der Waals surface area contributed by atoms with Crippen LogP contribution in [0.25, 0.3) is 0 Å². The average Bonchev–Trinajstić information content (AvgIpc) is 2.33. The molecule has 0 aliphatic rings. The summed E-state index contributed by atoms with van der Waals surface area (Å²) >= 11 is 0. The summed E-state index contributed by atoms with van der Waals surface area (Å²) in [5.41, 5.74) is 1.81. The van der Waals surface area contributed by atoms with E-state index in [4.69, 9.17) is 4.74 Å². The monoisotopic (exact) mass is 248 g/mol. The Bertz CT molecular complexity index is 332. The van der Waals surface area contributed by atoms with Gasteiger partial charge in [0.05, 0.1) is 6.61 Å². The molecule has 0 saturated carbocycles. The van der Waals surface area contributed by atoms with Crippen LogP contribution in [-0.2, 0) is 0 Å². The van der Waals surface area contributed by atoms with Gasteiger partial charge in [-0.3, -0.25) is 0 Å². The third-order valence-electron chi connectivity index (χ3n) is 3.40. The van der Waals surface area contributed by atoms with Gasteiger partial charge in [0, 0.05) is 0 Å². The maximum absolute atomic E-state index is 5.77. The fourth-order valence-corrected chi connectivity index (χ4v) is 1.92. The van der Waals surface area contributed by atoms with Crippen molar-refractivity contribution >= 4 is 0 Å². The van der Waals surface area contributed by atoms with Gasteiger partial charge in [0.25, 0.3) is 0 Å². The lowest BCUT2D eigenvalue weighted by atomic mass is 9.91. The van der Waals surface area contributed by atoms with E-state index in [1.807, 2.05) is 0 Å². The van der Waals surface area contributed by atoms with Crippen molar-refractivity contribution in [1.29, 1.82) is 0 Å². The number of ether oxygens (including phenoxy) is 1. The Morgan fingerprint density at radius 2 is 1.72 bits per heavy atom. The standard InChI is InChI=1S/C17H28O/c1-6-14(2)15-8-10-16(11-9-15)18-13-7-12-17(3,4)5/h8-11,14H,6-7,12-13H2,1-5H3. The Hall–Kier alpha value is -0.980. The van der Waals surface area contributed by atoms with E-state index < -0.39 is 0 Å². The number of hydrogen-bond acceptors (Lipinski definition) is 1. The van der Waals surface area contributed by atoms with Crippen LogP contribution < -0.4 is 4.74 Å². The topological polar surface area (TPSA) is 9.23 Å². The van der Waals surface area contributed by atoms with Crippen LogP contribution in [-0.4, -0.2) is 6.61 Å². The molecule has 18 heavy (non-hydrogen) atoms. The van der Waals surface area contributed by atoms with E-state index in [1.54, 1.807) is 0 Å². The SMILES string of the molecule is CCC(C)c1ccc(OCCCC(C)(C)C)cc1. The highest BCUT2D eigenvalue weighted by Gasteiger charge is 2.09. The van der Waals surface area contributed by atoms with Gasteiger partial charge < -0.3 is 4.74 Å². The first kappa shape index (κ1) is 15.1. The largest absolute Gasteiger partial charge is 0.494 e. The molecule has 102 valence electrons. The fraction of sp³-hybridized carbons (Fsp3) is 0.647. The molecule has 1 unspecified atom stereocenters. The number of benzene rings is 1. The minimum absolute atomic E-state index is 0.407. The van der Waals surface area contributed by atoms with E-state index in [0.29, 0.717) is 11.3 Å². The summed E-state index contributed by atoms with van der Waals surface area (Å²) in [7, 11) is 0. The molecule has 0 amide bonds. The minimum atomic E-state index is 0.407. The minimum Gasteiger partial charge on any atom is -0.494 e. The third-order valence-corrected chi connectivity index (χ3v) is 3.40. The molecule has 0 radical (unpaired) electrons. The highest BCUT2D eigenvalue weighted by atomic mass is 16.5. The van der Waals surface area contributed by atoms with Crippen molar-refractivity contribution in [3.05, 3.63) is 29.8 Å². The molecule has 1 nitrogen and oxygen atoms in total. The van der Waals surface area contributed by atoms with E-state index in [-0.39, 0.29) is 0 Å². The normalized spacial score (nSPS) is 13.4. The smallest absolute Gasteiger partial charge is 0.119 e. The molecule has 1 aromatic rings. The second kappa shape index (κ2) is 6.82. The first-order valence-electron chi connectivity index (χ1n) is 7.15. The van der Waals surface area contributed by atoms with Gasteiger partial charge in [-0.2, -0.15) is 0 Å². The Kier molecular flexibility index (Phi) is 5.71. The number of hydrogen-bond donors (Lipinski definition) is 0. The van der Waals surface area contributed by atoms with Gasteiger partial charge in [0.1, 0.15) is 5.75 Å². The zero-order valence-corrected chi connectivity index (χ0v) is 12.6. The highest BCUT2D eigenvalue weighted by molar-refractivity contribution is 5.29. The predicted molar refractivity (Wildman–Crippen MR) is 79.3 cm³/mol. The Morgan fingerprint density at radius 3 is 2.22 bits per heavy atom. The zero-order chi connectivity index (χ0) is 13.6. The van der Waals surface area contributed by atoms with Crippen LogP contribution in [0.2, 0.25) is 0 Å². The van der Waals surface area contributed by atoms with Crippen LogP contribution in [0.1, 0.15) is 65.4 Å². The second-order valence-corrected chi connectivity index (χ2v) is 6.39. The fourth-order valence-electron chi connectivity index (χ4n) is 1.92. The lowest BCUT2D eigenvalue weighted by Crippen LogP contribution is -2.07. The van der Waals surface area contributed by atoms with Gasteiger partial charge in [-0.1, -0.05) is 46.8 Å². The van der Waals surface area contributed by atoms with Crippen molar-refractivity contribution in [1.82, 2.24) is 0 Å². The molecule has 0 aromatic heterocycles. The Labute approximate surface area is 113 Å². The van der Waals surface area contributed by atoms with E-state index in [9.17, 15) is 0 Å². The summed E-state index contributed by atoms with van der Waals surface area (Å²) in [6, 6.07) is 8.57. The molecule has 1 rings (SSSR count). The summed E-state index contributed by atoms with van der Waals surface area (Å²) in [5, 5.41) is 0. The molecule has 0 heterocycles. The van der Waals surface area contributed by atoms with Crippen molar-refractivity contribution in [2.75, 3.05) is 6.61 Å². The van der Waals surface area contributed by atoms with E-state index >= 15 is 0 Å². The first-order chi connectivity index (χ1) is 8.42. The molecule has 0 fully saturated rings. The van der Waals surface area contributed by atoms with E-state index in [2.05, 4.69) is 58.9 Å². The highest BCUT2D eigenvalue weighted by Crippen LogP contribution is 2.23. The molecular formula is C17H28O. The Morgan fingerprint density at radius 1 is 1.11 bits per heavy atom. The van der Waals surface area contributed by atoms with E-state index in [1.165, 1.54) is 18.4 Å². The lowest BCUT2D eigenvalue weighted by Gasteiger charge is -2.17. The van der Waals surface area contributed by atoms with Crippen molar-refractivity contribution in [2.24, 2.45) is 5.41 Å². The lowest BCUT2D eigenvalue weighted by molar-refractivity contribution is 0.269. The van der Waals surface area contributed by atoms with Crippen molar-refractivity contribution in [2.45, 2.75) is 59.8 Å². The van der Waals surface area contributed by atoms with Crippen LogP contribution >= 0.6 is 0 Å². The average molecular weight is 248 g/mol. The first-order valence-corrected chi connectivity index (χ1v) is 7.15. The molecule has 0 aliphatic carbocycles. The van der Waals surface area contributed by atoms with Crippen LogP contribution in [0.5, 0.6) is 5.75 Å². The van der Waals surface area contributed by atoms with Gasteiger partial charge in [-0.15, -0.1) is 0 Å². The molecule has 0 N–H and O–H groups in total. The molecule has 0 aliphatic heterocycles.